The molecule has 1 unspecified atom stereocenters. The molecule has 0 aromatic carbocycles. The Morgan fingerprint density at radius 2 is 1.90 bits per heavy atom. The lowest BCUT2D eigenvalue weighted by atomic mass is 9.72. The molecule has 0 amide bonds. The van der Waals surface area contributed by atoms with Crippen LogP contribution in [0.3, 0.4) is 0 Å². The van der Waals surface area contributed by atoms with E-state index in [2.05, 4.69) is 66.1 Å². The summed E-state index contributed by atoms with van der Waals surface area (Å²) in [6, 6.07) is 0. The molecule has 0 bridgehead atoms. The second kappa shape index (κ2) is 6.03. The van der Waals surface area contributed by atoms with Crippen LogP contribution < -0.4 is 0 Å². The summed E-state index contributed by atoms with van der Waals surface area (Å²) >= 11 is 0. The molecule has 0 spiro atoms. The van der Waals surface area contributed by atoms with Crippen LogP contribution in [0, 0.1) is 5.41 Å². The van der Waals surface area contributed by atoms with Crippen LogP contribution in [0.5, 0.6) is 0 Å². The first-order valence-corrected chi connectivity index (χ1v) is 11.1. The molecule has 1 aliphatic carbocycles. The van der Waals surface area contributed by atoms with Crippen molar-refractivity contribution in [2.45, 2.75) is 72.2 Å². The molecule has 114 valence electrons. The van der Waals surface area contributed by atoms with Gasteiger partial charge in [-0.15, -0.1) is 0 Å². The number of hydrogen-bond acceptors (Lipinski definition) is 1. The molecule has 0 aliphatic heterocycles. The normalized spacial score (nSPS) is 22.9. The SMILES string of the molecule is C=CC(C)(/C=C\C1=C(C)CCCC1(C)C)O[Si](C)(C)C. The zero-order valence-corrected chi connectivity index (χ0v) is 15.5. The third-order valence-corrected chi connectivity index (χ3v) is 5.11. The van der Waals surface area contributed by atoms with Gasteiger partial charge in [-0.05, 0) is 63.7 Å². The number of allylic oxidation sites excluding steroid dienone is 3. The smallest absolute Gasteiger partial charge is 0.185 e. The Bertz CT molecular complexity index is 423. The first-order chi connectivity index (χ1) is 8.99. The average Bonchev–Trinajstić information content (AvgIpc) is 2.25. The van der Waals surface area contributed by atoms with E-state index < -0.39 is 8.32 Å². The molecule has 0 aromatic rings. The quantitative estimate of drug-likeness (QED) is 0.455. The average molecular weight is 293 g/mol. The van der Waals surface area contributed by atoms with Crippen LogP contribution in [0.1, 0.15) is 47.0 Å². The van der Waals surface area contributed by atoms with Gasteiger partial charge in [-0.3, -0.25) is 0 Å². The Balaban J connectivity index is 3.02. The summed E-state index contributed by atoms with van der Waals surface area (Å²) in [4.78, 5) is 0. The molecule has 0 heterocycles. The second-order valence-corrected chi connectivity index (χ2v) is 12.3. The first kappa shape index (κ1) is 17.4. The molecule has 1 rings (SSSR count). The van der Waals surface area contributed by atoms with E-state index >= 15 is 0 Å². The minimum absolute atomic E-state index is 0.278. The number of hydrogen-bond donors (Lipinski definition) is 0. The van der Waals surface area contributed by atoms with Crippen molar-refractivity contribution < 1.29 is 4.43 Å². The van der Waals surface area contributed by atoms with Gasteiger partial charge in [0, 0.05) is 0 Å². The van der Waals surface area contributed by atoms with E-state index in [0.717, 1.165) is 0 Å². The van der Waals surface area contributed by atoms with Crippen molar-refractivity contribution in [3.05, 3.63) is 36.0 Å². The van der Waals surface area contributed by atoms with E-state index in [0.29, 0.717) is 0 Å². The van der Waals surface area contributed by atoms with Crippen LogP contribution in [0.15, 0.2) is 36.0 Å². The molecule has 0 radical (unpaired) electrons. The lowest BCUT2D eigenvalue weighted by molar-refractivity contribution is 0.184. The summed E-state index contributed by atoms with van der Waals surface area (Å²) in [5.74, 6) is 0. The summed E-state index contributed by atoms with van der Waals surface area (Å²) in [5, 5.41) is 0. The maximum atomic E-state index is 6.28. The molecule has 0 fully saturated rings. The van der Waals surface area contributed by atoms with Crippen LogP contribution in [0.2, 0.25) is 19.6 Å². The Morgan fingerprint density at radius 1 is 1.30 bits per heavy atom. The summed E-state index contributed by atoms with van der Waals surface area (Å²) in [6.45, 7) is 19.7. The van der Waals surface area contributed by atoms with E-state index in [-0.39, 0.29) is 11.0 Å². The molecule has 1 aliphatic rings. The molecule has 1 nitrogen and oxygen atoms in total. The van der Waals surface area contributed by atoms with Gasteiger partial charge < -0.3 is 4.43 Å². The van der Waals surface area contributed by atoms with E-state index in [1.807, 2.05) is 6.08 Å². The van der Waals surface area contributed by atoms with Crippen molar-refractivity contribution in [2.75, 3.05) is 0 Å². The maximum absolute atomic E-state index is 6.28. The van der Waals surface area contributed by atoms with Crippen LogP contribution in [-0.4, -0.2) is 13.9 Å². The summed E-state index contributed by atoms with van der Waals surface area (Å²) in [6.07, 6.45) is 10.2. The van der Waals surface area contributed by atoms with Gasteiger partial charge in [0.05, 0.1) is 5.60 Å². The predicted octanol–water partition coefficient (Wildman–Crippen LogP) is 5.87. The fraction of sp³-hybridized carbons (Fsp3) is 0.667. The van der Waals surface area contributed by atoms with Gasteiger partial charge >= 0.3 is 0 Å². The van der Waals surface area contributed by atoms with Crippen LogP contribution in [0.4, 0.5) is 0 Å². The third kappa shape index (κ3) is 4.74. The summed E-state index contributed by atoms with van der Waals surface area (Å²) in [7, 11) is -1.59. The molecule has 2 heteroatoms. The van der Waals surface area contributed by atoms with E-state index in [1.165, 1.54) is 30.4 Å². The van der Waals surface area contributed by atoms with Crippen LogP contribution in [-0.2, 0) is 4.43 Å². The predicted molar refractivity (Wildman–Crippen MR) is 92.5 cm³/mol. The van der Waals surface area contributed by atoms with Gasteiger partial charge in [0.25, 0.3) is 0 Å². The minimum atomic E-state index is -1.59. The molecular formula is C18H32OSi. The van der Waals surface area contributed by atoms with Gasteiger partial charge in [-0.1, -0.05) is 44.2 Å². The van der Waals surface area contributed by atoms with Crippen molar-refractivity contribution in [3.8, 4) is 0 Å². The zero-order chi connectivity index (χ0) is 15.6. The Labute approximate surface area is 126 Å². The highest BCUT2D eigenvalue weighted by Crippen LogP contribution is 2.41. The highest BCUT2D eigenvalue weighted by molar-refractivity contribution is 6.69. The third-order valence-electron chi connectivity index (χ3n) is 4.05. The molecule has 0 saturated heterocycles. The van der Waals surface area contributed by atoms with Gasteiger partial charge in [0.1, 0.15) is 0 Å². The van der Waals surface area contributed by atoms with Gasteiger partial charge in [0.15, 0.2) is 8.32 Å². The standard InChI is InChI=1S/C18H32OSi/c1-9-18(5,19-20(6,7)8)14-12-16-15(2)11-10-13-17(16,3)4/h9,12,14H,1,10-11,13H2,2-8H3/b14-12-. The van der Waals surface area contributed by atoms with Crippen molar-refractivity contribution in [2.24, 2.45) is 5.41 Å². The lowest BCUT2D eigenvalue weighted by Crippen LogP contribution is -2.37. The van der Waals surface area contributed by atoms with Crippen molar-refractivity contribution in [3.63, 3.8) is 0 Å². The van der Waals surface area contributed by atoms with E-state index in [1.54, 1.807) is 0 Å². The van der Waals surface area contributed by atoms with Crippen LogP contribution in [0.25, 0.3) is 0 Å². The lowest BCUT2D eigenvalue weighted by Gasteiger charge is -2.35. The highest BCUT2D eigenvalue weighted by Gasteiger charge is 2.29. The fourth-order valence-electron chi connectivity index (χ4n) is 3.06. The van der Waals surface area contributed by atoms with Gasteiger partial charge in [0.2, 0.25) is 0 Å². The topological polar surface area (TPSA) is 9.23 Å². The Hall–Kier alpha value is -0.603. The zero-order valence-electron chi connectivity index (χ0n) is 14.5. The van der Waals surface area contributed by atoms with E-state index in [9.17, 15) is 0 Å². The monoisotopic (exact) mass is 292 g/mol. The Morgan fingerprint density at radius 3 is 2.35 bits per heavy atom. The summed E-state index contributed by atoms with van der Waals surface area (Å²) < 4.78 is 6.28. The van der Waals surface area contributed by atoms with Crippen molar-refractivity contribution >= 4 is 8.32 Å². The molecule has 20 heavy (non-hydrogen) atoms. The fourth-order valence-corrected chi connectivity index (χ4v) is 4.53. The van der Waals surface area contributed by atoms with Crippen molar-refractivity contribution in [1.29, 1.82) is 0 Å². The van der Waals surface area contributed by atoms with Crippen molar-refractivity contribution in [1.82, 2.24) is 0 Å². The second-order valence-electron chi connectivity index (χ2n) is 7.87. The molecule has 0 aromatic heterocycles. The minimum Gasteiger partial charge on any atom is -0.406 e. The van der Waals surface area contributed by atoms with Gasteiger partial charge in [-0.25, -0.2) is 0 Å². The highest BCUT2D eigenvalue weighted by atomic mass is 28.4. The molecule has 1 atom stereocenters. The first-order valence-electron chi connectivity index (χ1n) is 7.72. The summed E-state index contributed by atoms with van der Waals surface area (Å²) in [5.41, 5.74) is 2.93. The van der Waals surface area contributed by atoms with Gasteiger partial charge in [-0.2, -0.15) is 0 Å². The Kier molecular flexibility index (Phi) is 5.26. The van der Waals surface area contributed by atoms with Crippen LogP contribution >= 0.6 is 0 Å². The largest absolute Gasteiger partial charge is 0.406 e. The van der Waals surface area contributed by atoms with E-state index in [4.69, 9.17) is 4.43 Å². The molecular weight excluding hydrogens is 260 g/mol. The molecule has 0 saturated carbocycles. The molecule has 0 N–H and O–H groups in total. The number of rotatable bonds is 5. The maximum Gasteiger partial charge on any atom is 0.185 e.